The minimum absolute atomic E-state index is 0.0660. The molecule has 3 aromatic heterocycles. The van der Waals surface area contributed by atoms with Gasteiger partial charge in [-0.2, -0.15) is 0 Å². The van der Waals surface area contributed by atoms with Gasteiger partial charge in [0.2, 0.25) is 0 Å². The summed E-state index contributed by atoms with van der Waals surface area (Å²) in [5, 5.41) is 0.910. The number of halogens is 1. The molecule has 3 rings (SSSR count). The highest BCUT2D eigenvalue weighted by molar-refractivity contribution is 9.11. The van der Waals surface area contributed by atoms with Crippen molar-refractivity contribution in [1.82, 2.24) is 19.9 Å². The van der Waals surface area contributed by atoms with Crippen LogP contribution in [0.5, 0.6) is 0 Å². The Morgan fingerprint density at radius 1 is 1.33 bits per heavy atom. The third kappa shape index (κ3) is 2.98. The van der Waals surface area contributed by atoms with Gasteiger partial charge in [-0.25, -0.2) is 19.7 Å². The third-order valence-corrected chi connectivity index (χ3v) is 4.03. The molecule has 0 saturated carbocycles. The molecule has 0 aliphatic heterocycles. The number of aromatic nitrogens is 4. The van der Waals surface area contributed by atoms with E-state index in [4.69, 9.17) is 4.74 Å². The van der Waals surface area contributed by atoms with E-state index in [1.807, 2.05) is 0 Å². The van der Waals surface area contributed by atoms with Crippen LogP contribution in [-0.2, 0) is 11.3 Å². The molecule has 1 N–H and O–H groups in total. The Balaban J connectivity index is 1.81. The van der Waals surface area contributed by atoms with E-state index in [0.29, 0.717) is 5.01 Å². The molecule has 0 saturated heterocycles. The van der Waals surface area contributed by atoms with Gasteiger partial charge in [-0.15, -0.1) is 11.3 Å². The van der Waals surface area contributed by atoms with Gasteiger partial charge in [0, 0.05) is 6.20 Å². The minimum atomic E-state index is -0.570. The molecule has 3 aromatic rings. The van der Waals surface area contributed by atoms with E-state index in [0.717, 1.165) is 3.79 Å². The Kier molecular flexibility index (Phi) is 3.76. The third-order valence-electron chi connectivity index (χ3n) is 2.58. The monoisotopic (exact) mass is 366 g/mol. The van der Waals surface area contributed by atoms with Crippen LogP contribution in [0.3, 0.4) is 0 Å². The molecule has 0 aliphatic rings. The molecule has 0 bridgehead atoms. The predicted octanol–water partition coefficient (Wildman–Crippen LogP) is 1.89. The van der Waals surface area contributed by atoms with E-state index in [9.17, 15) is 9.59 Å². The van der Waals surface area contributed by atoms with Crippen LogP contribution < -0.4 is 5.56 Å². The van der Waals surface area contributed by atoms with Gasteiger partial charge in [-0.1, -0.05) is 0 Å². The number of nitrogens with one attached hydrogen (secondary N) is 1. The van der Waals surface area contributed by atoms with Gasteiger partial charge in [-0.05, 0) is 22.0 Å². The second-order valence-electron chi connectivity index (χ2n) is 3.96. The van der Waals surface area contributed by atoms with Crippen molar-refractivity contribution in [2.45, 2.75) is 6.61 Å². The summed E-state index contributed by atoms with van der Waals surface area (Å²) in [5.41, 5.74) is 0.113. The summed E-state index contributed by atoms with van der Waals surface area (Å²) in [6.45, 7) is 0.0660. The van der Waals surface area contributed by atoms with Crippen molar-refractivity contribution in [3.63, 3.8) is 0 Å². The lowest BCUT2D eigenvalue weighted by Gasteiger charge is -2.03. The molecule has 106 valence electrons. The molecule has 9 heteroatoms. The molecule has 0 unspecified atom stereocenters. The second kappa shape index (κ2) is 5.70. The number of carbonyl (C=O) groups is 1. The number of esters is 1. The van der Waals surface area contributed by atoms with Gasteiger partial charge in [-0.3, -0.25) is 4.79 Å². The average Bonchev–Trinajstić information content (AvgIpc) is 2.90. The SMILES string of the molecule is O=C(OCc1ncc(Br)s1)c1cnc2nc[nH]c(=O)c2c1. The van der Waals surface area contributed by atoms with Crippen LogP contribution in [0.1, 0.15) is 15.4 Å². The van der Waals surface area contributed by atoms with Crippen LogP contribution >= 0.6 is 27.3 Å². The van der Waals surface area contributed by atoms with E-state index < -0.39 is 5.97 Å². The maximum atomic E-state index is 12.0. The first kappa shape index (κ1) is 13.8. The first-order valence-corrected chi connectivity index (χ1v) is 7.35. The summed E-state index contributed by atoms with van der Waals surface area (Å²) < 4.78 is 5.99. The van der Waals surface area contributed by atoms with E-state index in [-0.39, 0.29) is 28.8 Å². The highest BCUT2D eigenvalue weighted by Gasteiger charge is 2.12. The quantitative estimate of drug-likeness (QED) is 0.710. The number of H-pyrrole nitrogens is 1. The number of ether oxygens (including phenoxy) is 1. The summed E-state index contributed by atoms with van der Waals surface area (Å²) in [6.07, 6.45) is 4.22. The van der Waals surface area contributed by atoms with Gasteiger partial charge < -0.3 is 9.72 Å². The Labute approximate surface area is 130 Å². The second-order valence-corrected chi connectivity index (χ2v) is 6.46. The lowest BCUT2D eigenvalue weighted by molar-refractivity contribution is 0.0472. The van der Waals surface area contributed by atoms with Crippen molar-refractivity contribution in [3.05, 3.63) is 49.5 Å². The first-order chi connectivity index (χ1) is 10.1. The van der Waals surface area contributed by atoms with Crippen LogP contribution in [-0.4, -0.2) is 25.9 Å². The Bertz CT molecular complexity index is 876. The number of thiazole rings is 1. The number of pyridine rings is 1. The predicted molar refractivity (Wildman–Crippen MR) is 79.1 cm³/mol. The minimum Gasteiger partial charge on any atom is -0.455 e. The Morgan fingerprint density at radius 3 is 2.95 bits per heavy atom. The number of rotatable bonds is 3. The Hall–Kier alpha value is -2.13. The maximum absolute atomic E-state index is 12.0. The molecule has 0 spiro atoms. The fourth-order valence-corrected chi connectivity index (χ4v) is 2.85. The number of aromatic amines is 1. The number of nitrogens with zero attached hydrogens (tertiary/aromatic N) is 3. The summed E-state index contributed by atoms with van der Waals surface area (Å²) >= 11 is 4.66. The van der Waals surface area contributed by atoms with Gasteiger partial charge >= 0.3 is 5.97 Å². The molecular formula is C12H7BrN4O3S. The topological polar surface area (TPSA) is 97.8 Å². The van der Waals surface area contributed by atoms with Crippen molar-refractivity contribution >= 4 is 44.3 Å². The zero-order chi connectivity index (χ0) is 14.8. The molecular weight excluding hydrogens is 360 g/mol. The van der Waals surface area contributed by atoms with Gasteiger partial charge in [0.05, 0.1) is 27.3 Å². The highest BCUT2D eigenvalue weighted by Crippen LogP contribution is 2.20. The average molecular weight is 367 g/mol. The van der Waals surface area contributed by atoms with Crippen LogP contribution in [0.4, 0.5) is 0 Å². The number of hydrogen-bond acceptors (Lipinski definition) is 7. The normalized spacial score (nSPS) is 10.7. The van der Waals surface area contributed by atoms with Crippen LogP contribution in [0.25, 0.3) is 11.0 Å². The zero-order valence-electron chi connectivity index (χ0n) is 10.4. The fraction of sp³-hybridized carbons (Fsp3) is 0.0833. The highest BCUT2D eigenvalue weighted by atomic mass is 79.9. The van der Waals surface area contributed by atoms with Gasteiger partial charge in [0.15, 0.2) is 5.65 Å². The number of carbonyl (C=O) groups excluding carboxylic acids is 1. The number of fused-ring (bicyclic) bond motifs is 1. The standard InChI is InChI=1S/C12H7BrN4O3S/c13-8-3-14-9(21-8)4-20-12(19)6-1-7-10(15-2-6)16-5-17-11(7)18/h1-3,5H,4H2,(H,15,16,17,18). The summed E-state index contributed by atoms with van der Waals surface area (Å²) in [6, 6.07) is 1.41. The van der Waals surface area contributed by atoms with Crippen LogP contribution in [0, 0.1) is 0 Å². The lowest BCUT2D eigenvalue weighted by atomic mass is 10.2. The molecule has 21 heavy (non-hydrogen) atoms. The van der Waals surface area contributed by atoms with Crippen LogP contribution in [0.2, 0.25) is 0 Å². The zero-order valence-corrected chi connectivity index (χ0v) is 12.8. The summed E-state index contributed by atoms with van der Waals surface area (Å²) in [5.74, 6) is -0.570. The molecule has 0 atom stereocenters. The van der Waals surface area contributed by atoms with Crippen molar-refractivity contribution in [2.75, 3.05) is 0 Å². The van der Waals surface area contributed by atoms with E-state index in [1.165, 1.54) is 29.9 Å². The molecule has 0 radical (unpaired) electrons. The van der Waals surface area contributed by atoms with Crippen molar-refractivity contribution in [3.8, 4) is 0 Å². The molecule has 3 heterocycles. The van der Waals surface area contributed by atoms with Crippen LogP contribution in [0.15, 0.2) is 33.4 Å². The van der Waals surface area contributed by atoms with Gasteiger partial charge in [0.25, 0.3) is 5.56 Å². The molecule has 0 amide bonds. The van der Waals surface area contributed by atoms with Crippen molar-refractivity contribution in [2.24, 2.45) is 0 Å². The van der Waals surface area contributed by atoms with Gasteiger partial charge in [0.1, 0.15) is 11.6 Å². The maximum Gasteiger partial charge on any atom is 0.340 e. The fourth-order valence-electron chi connectivity index (χ4n) is 1.63. The number of hydrogen-bond donors (Lipinski definition) is 1. The Morgan fingerprint density at radius 2 is 2.19 bits per heavy atom. The molecule has 0 fully saturated rings. The van der Waals surface area contributed by atoms with Crippen molar-refractivity contribution < 1.29 is 9.53 Å². The smallest absolute Gasteiger partial charge is 0.340 e. The lowest BCUT2D eigenvalue weighted by Crippen LogP contribution is -2.10. The first-order valence-electron chi connectivity index (χ1n) is 5.74. The summed E-state index contributed by atoms with van der Waals surface area (Å²) in [7, 11) is 0. The molecule has 7 nitrogen and oxygen atoms in total. The molecule has 0 aromatic carbocycles. The largest absolute Gasteiger partial charge is 0.455 e. The van der Waals surface area contributed by atoms with E-state index in [2.05, 4.69) is 35.9 Å². The summed E-state index contributed by atoms with van der Waals surface area (Å²) in [4.78, 5) is 37.9. The molecule has 0 aliphatic carbocycles. The van der Waals surface area contributed by atoms with Crippen molar-refractivity contribution in [1.29, 1.82) is 0 Å². The van der Waals surface area contributed by atoms with E-state index >= 15 is 0 Å². The van der Waals surface area contributed by atoms with E-state index in [1.54, 1.807) is 6.20 Å².